The monoisotopic (exact) mass is 317 g/mol. The lowest BCUT2D eigenvalue weighted by molar-refractivity contribution is 0.230. The molecule has 2 N–H and O–H groups in total. The molecule has 0 unspecified atom stereocenters. The average molecular weight is 317 g/mol. The molecule has 2 aliphatic rings. The van der Waals surface area contributed by atoms with E-state index >= 15 is 0 Å². The molecule has 22 heavy (non-hydrogen) atoms. The van der Waals surface area contributed by atoms with Gasteiger partial charge in [-0.25, -0.2) is 14.8 Å². The molecule has 2 fully saturated rings. The lowest BCUT2D eigenvalue weighted by Gasteiger charge is -2.40. The second-order valence-electron chi connectivity index (χ2n) is 6.03. The molecule has 3 heterocycles. The Kier molecular flexibility index (Phi) is 3.57. The van der Waals surface area contributed by atoms with E-state index in [1.807, 2.05) is 11.4 Å². The number of anilines is 1. The van der Waals surface area contributed by atoms with Crippen molar-refractivity contribution in [3.8, 4) is 0 Å². The first-order valence-corrected chi connectivity index (χ1v) is 8.68. The van der Waals surface area contributed by atoms with Gasteiger partial charge in [-0.05, 0) is 24.3 Å². The van der Waals surface area contributed by atoms with Gasteiger partial charge >= 0.3 is 6.03 Å². The van der Waals surface area contributed by atoms with Crippen molar-refractivity contribution in [1.82, 2.24) is 20.6 Å². The van der Waals surface area contributed by atoms with E-state index in [0.717, 1.165) is 42.0 Å². The quantitative estimate of drug-likeness (QED) is 0.910. The van der Waals surface area contributed by atoms with Gasteiger partial charge in [-0.3, -0.25) is 0 Å². The van der Waals surface area contributed by atoms with E-state index in [2.05, 4.69) is 25.5 Å². The Labute approximate surface area is 132 Å². The fourth-order valence-corrected chi connectivity index (χ4v) is 4.09. The summed E-state index contributed by atoms with van der Waals surface area (Å²) in [6.07, 6.45) is 6.29. The molecule has 1 aliphatic heterocycles. The first kappa shape index (κ1) is 13.8. The smallest absolute Gasteiger partial charge is 0.315 e. The number of carbonyl (C=O) groups excluding carboxylic acids is 1. The van der Waals surface area contributed by atoms with Gasteiger partial charge < -0.3 is 15.5 Å². The van der Waals surface area contributed by atoms with E-state index in [0.29, 0.717) is 6.04 Å². The van der Waals surface area contributed by atoms with E-state index in [1.165, 1.54) is 12.8 Å². The van der Waals surface area contributed by atoms with Crippen molar-refractivity contribution in [3.05, 3.63) is 17.8 Å². The van der Waals surface area contributed by atoms with Crippen molar-refractivity contribution in [2.45, 2.75) is 37.8 Å². The Bertz CT molecular complexity index is 675. The molecule has 0 aromatic carbocycles. The predicted octanol–water partition coefficient (Wildman–Crippen LogP) is 2.12. The zero-order chi connectivity index (χ0) is 14.9. The largest absolute Gasteiger partial charge is 0.351 e. The molecule has 2 amide bonds. The van der Waals surface area contributed by atoms with Gasteiger partial charge in [0.25, 0.3) is 0 Å². The lowest BCUT2D eigenvalue weighted by Crippen LogP contribution is -2.61. The Morgan fingerprint density at radius 1 is 1.18 bits per heavy atom. The van der Waals surface area contributed by atoms with Crippen LogP contribution in [0.1, 0.15) is 25.7 Å². The SMILES string of the molecule is O=C(NC1CCCC1)NC1CN(c2ncnc3ccsc23)C1. The van der Waals surface area contributed by atoms with Crippen LogP contribution < -0.4 is 15.5 Å². The summed E-state index contributed by atoms with van der Waals surface area (Å²) >= 11 is 1.66. The van der Waals surface area contributed by atoms with Crippen molar-refractivity contribution in [1.29, 1.82) is 0 Å². The number of hydrogen-bond acceptors (Lipinski definition) is 5. The Morgan fingerprint density at radius 2 is 1.95 bits per heavy atom. The highest BCUT2D eigenvalue weighted by molar-refractivity contribution is 7.17. The molecule has 2 aromatic heterocycles. The van der Waals surface area contributed by atoms with E-state index in [4.69, 9.17) is 0 Å². The lowest BCUT2D eigenvalue weighted by atomic mass is 10.1. The van der Waals surface area contributed by atoms with Crippen molar-refractivity contribution < 1.29 is 4.79 Å². The number of urea groups is 1. The van der Waals surface area contributed by atoms with Crippen LogP contribution in [-0.2, 0) is 0 Å². The standard InChI is InChI=1S/C15H19N5OS/c21-15(18-10-3-1-2-4-10)19-11-7-20(8-11)14-13-12(5-6-22-13)16-9-17-14/h5-6,9-11H,1-4,7-8H2,(H2,18,19,21). The minimum atomic E-state index is -0.0273. The van der Waals surface area contributed by atoms with Gasteiger partial charge in [0.1, 0.15) is 12.1 Å². The first-order valence-electron chi connectivity index (χ1n) is 7.80. The van der Waals surface area contributed by atoms with Crippen molar-refractivity contribution in [2.75, 3.05) is 18.0 Å². The molecule has 1 saturated carbocycles. The maximum absolute atomic E-state index is 12.0. The van der Waals surface area contributed by atoms with Gasteiger partial charge in [0.15, 0.2) is 0 Å². The number of hydrogen-bond donors (Lipinski definition) is 2. The minimum absolute atomic E-state index is 0.0273. The molecule has 0 bridgehead atoms. The predicted molar refractivity (Wildman–Crippen MR) is 87.3 cm³/mol. The van der Waals surface area contributed by atoms with Crippen LogP contribution in [-0.4, -0.2) is 41.2 Å². The topological polar surface area (TPSA) is 70.2 Å². The van der Waals surface area contributed by atoms with Crippen LogP contribution >= 0.6 is 11.3 Å². The number of thiophene rings is 1. The number of nitrogens with one attached hydrogen (secondary N) is 2. The number of aromatic nitrogens is 2. The molecule has 1 aliphatic carbocycles. The molecule has 0 spiro atoms. The summed E-state index contributed by atoms with van der Waals surface area (Å²) < 4.78 is 1.12. The number of fused-ring (bicyclic) bond motifs is 1. The summed E-state index contributed by atoms with van der Waals surface area (Å²) in [7, 11) is 0. The molecule has 7 heteroatoms. The molecule has 0 atom stereocenters. The van der Waals surface area contributed by atoms with Crippen LogP contribution in [0.25, 0.3) is 10.2 Å². The Morgan fingerprint density at radius 3 is 2.77 bits per heavy atom. The third-order valence-corrected chi connectivity index (χ3v) is 5.33. The van der Waals surface area contributed by atoms with Gasteiger partial charge in [0.05, 0.1) is 16.3 Å². The normalized spacial score (nSPS) is 19.4. The van der Waals surface area contributed by atoms with Crippen LogP contribution in [0.15, 0.2) is 17.8 Å². The second kappa shape index (κ2) is 5.72. The van der Waals surface area contributed by atoms with Gasteiger partial charge in [0.2, 0.25) is 0 Å². The molecular weight excluding hydrogens is 298 g/mol. The van der Waals surface area contributed by atoms with Crippen LogP contribution in [0.4, 0.5) is 10.6 Å². The molecule has 4 rings (SSSR count). The van der Waals surface area contributed by atoms with Crippen LogP contribution in [0, 0.1) is 0 Å². The second-order valence-corrected chi connectivity index (χ2v) is 6.95. The average Bonchev–Trinajstić information content (AvgIpc) is 3.12. The number of carbonyl (C=O) groups is 1. The van der Waals surface area contributed by atoms with E-state index in [1.54, 1.807) is 17.7 Å². The maximum atomic E-state index is 12.0. The number of nitrogens with zero attached hydrogens (tertiary/aromatic N) is 3. The van der Waals surface area contributed by atoms with Crippen molar-refractivity contribution in [3.63, 3.8) is 0 Å². The van der Waals surface area contributed by atoms with E-state index in [9.17, 15) is 4.79 Å². The summed E-state index contributed by atoms with van der Waals surface area (Å²) in [5.74, 6) is 0.981. The summed E-state index contributed by atoms with van der Waals surface area (Å²) in [4.78, 5) is 22.8. The zero-order valence-electron chi connectivity index (χ0n) is 12.3. The highest BCUT2D eigenvalue weighted by Gasteiger charge is 2.31. The molecule has 116 valence electrons. The fraction of sp³-hybridized carbons (Fsp3) is 0.533. The summed E-state index contributed by atoms with van der Waals surface area (Å²) in [5, 5.41) is 8.15. The molecule has 0 radical (unpaired) electrons. The van der Waals surface area contributed by atoms with E-state index in [-0.39, 0.29) is 12.1 Å². The number of rotatable bonds is 3. The Balaban J connectivity index is 1.32. The van der Waals surface area contributed by atoms with Crippen molar-refractivity contribution in [2.24, 2.45) is 0 Å². The third kappa shape index (κ3) is 2.61. The highest BCUT2D eigenvalue weighted by atomic mass is 32.1. The van der Waals surface area contributed by atoms with Crippen LogP contribution in [0.3, 0.4) is 0 Å². The van der Waals surface area contributed by atoms with E-state index < -0.39 is 0 Å². The van der Waals surface area contributed by atoms with Crippen LogP contribution in [0.2, 0.25) is 0 Å². The zero-order valence-corrected chi connectivity index (χ0v) is 13.1. The van der Waals surface area contributed by atoms with Crippen molar-refractivity contribution >= 4 is 33.4 Å². The third-order valence-electron chi connectivity index (χ3n) is 4.43. The molecule has 1 saturated heterocycles. The fourth-order valence-electron chi connectivity index (χ4n) is 3.23. The summed E-state index contributed by atoms with van der Waals surface area (Å²) in [6, 6.07) is 2.55. The molecule has 6 nitrogen and oxygen atoms in total. The van der Waals surface area contributed by atoms with Gasteiger partial charge in [0, 0.05) is 19.1 Å². The molecule has 2 aromatic rings. The van der Waals surface area contributed by atoms with Gasteiger partial charge in [-0.1, -0.05) is 12.8 Å². The highest BCUT2D eigenvalue weighted by Crippen LogP contribution is 2.30. The summed E-state index contributed by atoms with van der Waals surface area (Å²) in [5.41, 5.74) is 0.991. The Hall–Kier alpha value is -1.89. The van der Waals surface area contributed by atoms with Gasteiger partial charge in [-0.15, -0.1) is 11.3 Å². The molecular formula is C15H19N5OS. The minimum Gasteiger partial charge on any atom is -0.351 e. The van der Waals surface area contributed by atoms with Crippen LogP contribution in [0.5, 0.6) is 0 Å². The first-order chi connectivity index (χ1) is 10.8. The summed E-state index contributed by atoms with van der Waals surface area (Å²) in [6.45, 7) is 1.62. The van der Waals surface area contributed by atoms with Gasteiger partial charge in [-0.2, -0.15) is 0 Å². The maximum Gasteiger partial charge on any atom is 0.315 e. The number of amides is 2.